The number of rotatable bonds is 13. The number of carbonyl (C=O) groups is 2. The van der Waals surface area contributed by atoms with Crippen LogP contribution in [0.4, 0.5) is 5.69 Å². The number of nitrogens with one attached hydrogen (secondary N) is 3. The first-order valence-electron chi connectivity index (χ1n) is 19.1. The molecule has 3 atom stereocenters. The van der Waals surface area contributed by atoms with Gasteiger partial charge in [-0.25, -0.2) is 9.67 Å². The van der Waals surface area contributed by atoms with Gasteiger partial charge in [-0.2, -0.15) is 5.10 Å². The van der Waals surface area contributed by atoms with Crippen LogP contribution in [0.3, 0.4) is 0 Å². The number of hydrogen-bond acceptors (Lipinski definition) is 8. The number of aryl methyl sites for hydroxylation is 3. The van der Waals surface area contributed by atoms with Crippen LogP contribution in [0, 0.1) is 18.3 Å². The fraction of sp³-hybridized carbons (Fsp3) is 0.512. The van der Waals surface area contributed by atoms with Crippen LogP contribution in [0.15, 0.2) is 48.7 Å². The highest BCUT2D eigenvalue weighted by molar-refractivity contribution is 6.08. The molecule has 5 N–H and O–H groups in total. The molecule has 0 radical (unpaired) electrons. The molecule has 1 saturated carbocycles. The van der Waals surface area contributed by atoms with Crippen molar-refractivity contribution in [1.29, 1.82) is 0 Å². The lowest BCUT2D eigenvalue weighted by Gasteiger charge is -2.31. The minimum Gasteiger partial charge on any atom is -0.381 e. The first kappa shape index (κ1) is 36.1. The largest absolute Gasteiger partial charge is 0.381 e. The molecular formula is C41H54N8O3. The molecule has 0 bridgehead atoms. The molecule has 4 aromatic rings. The first-order chi connectivity index (χ1) is 25.2. The second-order valence-corrected chi connectivity index (χ2v) is 15.1. The van der Waals surface area contributed by atoms with Crippen molar-refractivity contribution in [2.45, 2.75) is 91.5 Å². The van der Waals surface area contributed by atoms with Crippen molar-refractivity contribution >= 4 is 28.5 Å². The topological polar surface area (TPSA) is 139 Å². The number of nitrogens with zero attached hydrogens (tertiary/aromatic N) is 4. The fourth-order valence-electron chi connectivity index (χ4n) is 8.33. The van der Waals surface area contributed by atoms with Gasteiger partial charge in [-0.3, -0.25) is 14.5 Å². The third kappa shape index (κ3) is 7.31. The summed E-state index contributed by atoms with van der Waals surface area (Å²) in [6, 6.07) is 15.8. The zero-order chi connectivity index (χ0) is 36.4. The molecule has 2 aromatic heterocycles. The van der Waals surface area contributed by atoms with Crippen molar-refractivity contribution in [1.82, 2.24) is 30.3 Å². The number of aromatic nitrogens is 3. The zero-order valence-electron chi connectivity index (χ0n) is 31.1. The van der Waals surface area contributed by atoms with Crippen LogP contribution in [0.25, 0.3) is 22.2 Å². The average molecular weight is 707 g/mol. The lowest BCUT2D eigenvalue weighted by atomic mass is 9.93. The van der Waals surface area contributed by atoms with E-state index in [0.717, 1.165) is 103 Å². The van der Waals surface area contributed by atoms with Crippen molar-refractivity contribution in [3.05, 3.63) is 76.6 Å². The first-order valence-corrected chi connectivity index (χ1v) is 19.1. The summed E-state index contributed by atoms with van der Waals surface area (Å²) in [7, 11) is 0. The van der Waals surface area contributed by atoms with E-state index >= 15 is 0 Å². The van der Waals surface area contributed by atoms with Crippen LogP contribution in [0.2, 0.25) is 0 Å². The Hall–Kier alpha value is -4.32. The second-order valence-electron chi connectivity index (χ2n) is 15.1. The van der Waals surface area contributed by atoms with Crippen LogP contribution in [-0.4, -0.2) is 76.4 Å². The number of primary amides is 1. The average Bonchev–Trinajstić information content (AvgIpc) is 3.74. The summed E-state index contributed by atoms with van der Waals surface area (Å²) in [4.78, 5) is 34.6. The predicted molar refractivity (Wildman–Crippen MR) is 205 cm³/mol. The van der Waals surface area contributed by atoms with Crippen LogP contribution in [0.1, 0.15) is 68.0 Å². The van der Waals surface area contributed by atoms with Gasteiger partial charge in [0.1, 0.15) is 5.41 Å². The third-order valence-corrected chi connectivity index (χ3v) is 11.4. The molecule has 2 saturated heterocycles. The number of benzene rings is 2. The van der Waals surface area contributed by atoms with Gasteiger partial charge in [0.05, 0.1) is 17.3 Å². The summed E-state index contributed by atoms with van der Waals surface area (Å²) in [6.45, 7) is 15.0. The molecule has 11 heteroatoms. The Labute approximate surface area is 307 Å². The molecular weight excluding hydrogens is 653 g/mol. The highest BCUT2D eigenvalue weighted by atomic mass is 16.5. The number of carbonyl (C=O) groups excluding carboxylic acids is 2. The molecule has 11 nitrogen and oxygen atoms in total. The smallest absolute Gasteiger partial charge is 0.236 e. The minimum absolute atomic E-state index is 0.221. The van der Waals surface area contributed by atoms with Crippen molar-refractivity contribution < 1.29 is 14.3 Å². The Morgan fingerprint density at radius 3 is 2.69 bits per heavy atom. The van der Waals surface area contributed by atoms with Gasteiger partial charge >= 0.3 is 0 Å². The number of pyridine rings is 1. The van der Waals surface area contributed by atoms with Gasteiger partial charge in [-0.15, -0.1) is 0 Å². The molecule has 2 aromatic carbocycles. The van der Waals surface area contributed by atoms with Crippen LogP contribution in [0.5, 0.6) is 0 Å². The molecule has 3 fully saturated rings. The number of ether oxygens (including phenoxy) is 1. The number of amides is 2. The van der Waals surface area contributed by atoms with E-state index in [4.69, 9.17) is 15.5 Å². The van der Waals surface area contributed by atoms with Gasteiger partial charge < -0.3 is 26.4 Å². The highest BCUT2D eigenvalue weighted by Crippen LogP contribution is 2.55. The Morgan fingerprint density at radius 2 is 1.94 bits per heavy atom. The van der Waals surface area contributed by atoms with Gasteiger partial charge in [-0.05, 0) is 104 Å². The standard InChI is InChI=1S/C41H54N8O3/c1-5-36-34(37(46-32-12-16-52-17-13-32)35-23-45-49(6-2)38(35)47-36)20-31-21-41(31,39(42)50)40(51)44-22-28-11-10-26(3)33(19-28)30-9-7-8-29(18-30)25-48-15-14-43-27(4)24-48/h7-11,18-19,23,27,31-32,43H,5-6,12-17,20-22,24-25H2,1-4H3,(H2,42,50)(H,44,51)(H,46,47)/t27-,31?,41?/m1/s1. The molecule has 52 heavy (non-hydrogen) atoms. The molecule has 0 spiro atoms. The SMILES string of the molecule is CCc1nc2c(cnn2CC)c(NC2CCOCC2)c1CC1CC1(C(N)=O)C(=O)NCc1ccc(C)c(-c2cccc(CN3CCN[C@H](C)C3)c2)c1. The maximum absolute atomic E-state index is 14.0. The molecule has 4 heterocycles. The van der Waals surface area contributed by atoms with Crippen molar-refractivity contribution in [3.8, 4) is 11.1 Å². The van der Waals surface area contributed by atoms with E-state index in [1.165, 1.54) is 11.1 Å². The van der Waals surface area contributed by atoms with E-state index in [0.29, 0.717) is 32.0 Å². The number of nitrogens with two attached hydrogens (primary N) is 1. The predicted octanol–water partition coefficient (Wildman–Crippen LogP) is 4.72. The molecule has 3 aliphatic rings. The van der Waals surface area contributed by atoms with E-state index in [9.17, 15) is 9.59 Å². The van der Waals surface area contributed by atoms with Crippen LogP contribution in [-0.2, 0) is 46.8 Å². The van der Waals surface area contributed by atoms with Crippen molar-refractivity contribution in [3.63, 3.8) is 0 Å². The fourth-order valence-corrected chi connectivity index (χ4v) is 8.33. The minimum atomic E-state index is -1.26. The Balaban J connectivity index is 1.08. The zero-order valence-corrected chi connectivity index (χ0v) is 31.1. The summed E-state index contributed by atoms with van der Waals surface area (Å²) in [5.74, 6) is -1.09. The van der Waals surface area contributed by atoms with E-state index in [1.807, 2.05) is 16.9 Å². The molecule has 276 valence electrons. The Kier molecular flexibility index (Phi) is 10.6. The van der Waals surface area contributed by atoms with Crippen LogP contribution >= 0.6 is 0 Å². The van der Waals surface area contributed by atoms with Gasteiger partial charge in [0.25, 0.3) is 0 Å². The summed E-state index contributed by atoms with van der Waals surface area (Å²) in [5.41, 5.74) is 14.4. The lowest BCUT2D eigenvalue weighted by Crippen LogP contribution is -2.48. The molecule has 1 aliphatic carbocycles. The van der Waals surface area contributed by atoms with E-state index in [1.54, 1.807) is 0 Å². The van der Waals surface area contributed by atoms with Gasteiger partial charge in [0.15, 0.2) is 5.65 Å². The van der Waals surface area contributed by atoms with E-state index < -0.39 is 11.3 Å². The monoisotopic (exact) mass is 706 g/mol. The van der Waals surface area contributed by atoms with E-state index in [-0.39, 0.29) is 17.9 Å². The Bertz CT molecular complexity index is 1930. The van der Waals surface area contributed by atoms with Crippen molar-refractivity contribution in [2.24, 2.45) is 17.1 Å². The molecule has 2 unspecified atom stereocenters. The lowest BCUT2D eigenvalue weighted by molar-refractivity contribution is -0.136. The maximum atomic E-state index is 14.0. The maximum Gasteiger partial charge on any atom is 0.236 e. The quantitative estimate of drug-likeness (QED) is 0.147. The summed E-state index contributed by atoms with van der Waals surface area (Å²) >= 11 is 0. The molecule has 7 rings (SSSR count). The molecule has 2 aliphatic heterocycles. The normalized spacial score (nSPS) is 22.4. The van der Waals surface area contributed by atoms with Gasteiger partial charge in [0.2, 0.25) is 11.8 Å². The summed E-state index contributed by atoms with van der Waals surface area (Å²) in [5, 5.41) is 16.0. The number of anilines is 1. The summed E-state index contributed by atoms with van der Waals surface area (Å²) in [6.07, 6.45) is 5.37. The van der Waals surface area contributed by atoms with Crippen molar-refractivity contribution in [2.75, 3.05) is 38.2 Å². The van der Waals surface area contributed by atoms with Crippen LogP contribution < -0.4 is 21.7 Å². The van der Waals surface area contributed by atoms with Gasteiger partial charge in [0, 0.05) is 70.3 Å². The Morgan fingerprint density at radius 1 is 1.12 bits per heavy atom. The van der Waals surface area contributed by atoms with E-state index in [2.05, 4.69) is 90.0 Å². The summed E-state index contributed by atoms with van der Waals surface area (Å²) < 4.78 is 7.55. The number of hydrogen-bond donors (Lipinski definition) is 4. The third-order valence-electron chi connectivity index (χ3n) is 11.4. The number of piperazine rings is 1. The van der Waals surface area contributed by atoms with Gasteiger partial charge in [-0.1, -0.05) is 37.3 Å². The molecule has 2 amide bonds. The second kappa shape index (κ2) is 15.3. The highest BCUT2D eigenvalue weighted by Gasteiger charge is 2.64. The number of fused-ring (bicyclic) bond motifs is 1.